The third kappa shape index (κ3) is 2.36. The minimum Gasteiger partial charge on any atom is -0.481 e. The van der Waals surface area contributed by atoms with Crippen LogP contribution in [0.2, 0.25) is 0 Å². The summed E-state index contributed by atoms with van der Waals surface area (Å²) in [5, 5.41) is 12.0. The minimum atomic E-state index is -0.770. The van der Waals surface area contributed by atoms with Gasteiger partial charge in [0, 0.05) is 12.0 Å². The molecule has 0 aromatic rings. The van der Waals surface area contributed by atoms with E-state index in [0.717, 1.165) is 25.7 Å². The Hall–Kier alpha value is -1.06. The highest BCUT2D eigenvalue weighted by Crippen LogP contribution is 2.38. The average molecular weight is 225 g/mol. The van der Waals surface area contributed by atoms with E-state index in [2.05, 4.69) is 12.2 Å². The Bertz CT molecular complexity index is 303. The smallest absolute Gasteiger partial charge is 0.308 e. The van der Waals surface area contributed by atoms with Crippen molar-refractivity contribution in [2.75, 3.05) is 0 Å². The summed E-state index contributed by atoms with van der Waals surface area (Å²) in [6, 6.07) is -0.147. The van der Waals surface area contributed by atoms with Gasteiger partial charge in [-0.05, 0) is 25.2 Å². The molecule has 0 aromatic carbocycles. The van der Waals surface area contributed by atoms with Crippen LogP contribution in [0, 0.1) is 17.8 Å². The molecule has 0 aromatic heterocycles. The first kappa shape index (κ1) is 11.4. The highest BCUT2D eigenvalue weighted by atomic mass is 16.4. The normalized spacial score (nSPS) is 37.8. The predicted octanol–water partition coefficient (Wildman–Crippen LogP) is 1.40. The molecule has 2 fully saturated rings. The standard InChI is InChI=1S/C12H19NO3/c1-7-6-9(7)11(14)13-10-5-3-2-4-8(10)12(15)16/h7-10H,2-6H2,1H3,(H,13,14)(H,15,16). The molecule has 16 heavy (non-hydrogen) atoms. The molecule has 0 saturated heterocycles. The molecular weight excluding hydrogens is 206 g/mol. The molecule has 90 valence electrons. The maximum Gasteiger partial charge on any atom is 0.308 e. The summed E-state index contributed by atoms with van der Waals surface area (Å²) in [6.07, 6.45) is 4.44. The number of carboxylic acid groups (broad SMARTS) is 1. The molecule has 2 aliphatic rings. The quantitative estimate of drug-likeness (QED) is 0.763. The molecule has 1 amide bonds. The largest absolute Gasteiger partial charge is 0.481 e. The molecule has 2 N–H and O–H groups in total. The van der Waals surface area contributed by atoms with Crippen LogP contribution >= 0.6 is 0 Å². The molecular formula is C12H19NO3. The Morgan fingerprint density at radius 2 is 1.81 bits per heavy atom. The second-order valence-corrected chi connectivity index (χ2v) is 5.16. The summed E-state index contributed by atoms with van der Waals surface area (Å²) in [5.74, 6) is -0.477. The van der Waals surface area contributed by atoms with E-state index in [1.165, 1.54) is 0 Å². The van der Waals surface area contributed by atoms with E-state index in [-0.39, 0.29) is 23.8 Å². The predicted molar refractivity (Wildman–Crippen MR) is 58.8 cm³/mol. The average Bonchev–Trinajstić information content (AvgIpc) is 2.96. The van der Waals surface area contributed by atoms with Crippen LogP contribution < -0.4 is 5.32 Å². The van der Waals surface area contributed by atoms with E-state index < -0.39 is 5.97 Å². The second-order valence-electron chi connectivity index (χ2n) is 5.16. The fraction of sp³-hybridized carbons (Fsp3) is 0.833. The van der Waals surface area contributed by atoms with E-state index >= 15 is 0 Å². The lowest BCUT2D eigenvalue weighted by Crippen LogP contribution is -2.45. The maximum absolute atomic E-state index is 11.7. The molecule has 0 aliphatic heterocycles. The van der Waals surface area contributed by atoms with E-state index in [0.29, 0.717) is 12.3 Å². The molecule has 0 bridgehead atoms. The Balaban J connectivity index is 1.90. The fourth-order valence-electron chi connectivity index (χ4n) is 2.58. The molecule has 2 saturated carbocycles. The van der Waals surface area contributed by atoms with Crippen molar-refractivity contribution in [1.29, 1.82) is 0 Å². The molecule has 0 spiro atoms. The van der Waals surface area contributed by atoms with Crippen LogP contribution in [-0.4, -0.2) is 23.0 Å². The van der Waals surface area contributed by atoms with Crippen LogP contribution in [0.25, 0.3) is 0 Å². The Labute approximate surface area is 95.4 Å². The number of aliphatic carboxylic acids is 1. The number of hydrogen-bond donors (Lipinski definition) is 2. The van der Waals surface area contributed by atoms with Gasteiger partial charge in [0.25, 0.3) is 0 Å². The van der Waals surface area contributed by atoms with Gasteiger partial charge in [0.1, 0.15) is 0 Å². The summed E-state index contributed by atoms with van der Waals surface area (Å²) in [5.41, 5.74) is 0. The third-order valence-electron chi connectivity index (χ3n) is 3.86. The molecule has 4 atom stereocenters. The highest BCUT2D eigenvalue weighted by Gasteiger charge is 2.41. The number of carbonyl (C=O) groups excluding carboxylic acids is 1. The number of amides is 1. The lowest BCUT2D eigenvalue weighted by Gasteiger charge is -2.29. The molecule has 4 unspecified atom stereocenters. The third-order valence-corrected chi connectivity index (χ3v) is 3.86. The van der Waals surface area contributed by atoms with E-state index in [1.54, 1.807) is 0 Å². The Morgan fingerprint density at radius 3 is 2.38 bits per heavy atom. The topological polar surface area (TPSA) is 66.4 Å². The van der Waals surface area contributed by atoms with Crippen molar-refractivity contribution in [3.05, 3.63) is 0 Å². The van der Waals surface area contributed by atoms with Gasteiger partial charge in [-0.3, -0.25) is 9.59 Å². The zero-order chi connectivity index (χ0) is 11.7. The number of rotatable bonds is 3. The molecule has 2 aliphatic carbocycles. The van der Waals surface area contributed by atoms with Crippen molar-refractivity contribution < 1.29 is 14.7 Å². The van der Waals surface area contributed by atoms with Gasteiger partial charge < -0.3 is 10.4 Å². The zero-order valence-corrected chi connectivity index (χ0v) is 9.61. The molecule has 0 heterocycles. The lowest BCUT2D eigenvalue weighted by atomic mass is 9.84. The summed E-state index contributed by atoms with van der Waals surface area (Å²) < 4.78 is 0. The Kier molecular flexibility index (Phi) is 3.17. The number of nitrogens with one attached hydrogen (secondary N) is 1. The number of carbonyl (C=O) groups is 2. The van der Waals surface area contributed by atoms with Gasteiger partial charge >= 0.3 is 5.97 Å². The van der Waals surface area contributed by atoms with Crippen LogP contribution in [-0.2, 0) is 9.59 Å². The summed E-state index contributed by atoms with van der Waals surface area (Å²) in [6.45, 7) is 2.06. The summed E-state index contributed by atoms with van der Waals surface area (Å²) in [7, 11) is 0. The fourth-order valence-corrected chi connectivity index (χ4v) is 2.58. The highest BCUT2D eigenvalue weighted by molar-refractivity contribution is 5.82. The van der Waals surface area contributed by atoms with Gasteiger partial charge in [-0.25, -0.2) is 0 Å². The molecule has 4 nitrogen and oxygen atoms in total. The zero-order valence-electron chi connectivity index (χ0n) is 9.61. The van der Waals surface area contributed by atoms with Gasteiger partial charge in [0.2, 0.25) is 5.91 Å². The lowest BCUT2D eigenvalue weighted by molar-refractivity contribution is -0.144. The summed E-state index contributed by atoms with van der Waals surface area (Å²) >= 11 is 0. The molecule has 2 rings (SSSR count). The van der Waals surface area contributed by atoms with Gasteiger partial charge in [0.15, 0.2) is 0 Å². The van der Waals surface area contributed by atoms with Crippen molar-refractivity contribution in [3.63, 3.8) is 0 Å². The first-order chi connectivity index (χ1) is 7.59. The van der Waals surface area contributed by atoms with Crippen LogP contribution in [0.5, 0.6) is 0 Å². The van der Waals surface area contributed by atoms with Crippen LogP contribution in [0.1, 0.15) is 39.0 Å². The van der Waals surface area contributed by atoms with Crippen molar-refractivity contribution in [2.45, 2.75) is 45.1 Å². The molecule has 4 heteroatoms. The monoisotopic (exact) mass is 225 g/mol. The van der Waals surface area contributed by atoms with Gasteiger partial charge in [0.05, 0.1) is 5.92 Å². The van der Waals surface area contributed by atoms with Crippen LogP contribution in [0.15, 0.2) is 0 Å². The van der Waals surface area contributed by atoms with Crippen LogP contribution in [0.4, 0.5) is 0 Å². The van der Waals surface area contributed by atoms with E-state index in [1.807, 2.05) is 0 Å². The van der Waals surface area contributed by atoms with Crippen LogP contribution in [0.3, 0.4) is 0 Å². The van der Waals surface area contributed by atoms with Crippen molar-refractivity contribution >= 4 is 11.9 Å². The van der Waals surface area contributed by atoms with Crippen molar-refractivity contribution in [3.8, 4) is 0 Å². The Morgan fingerprint density at radius 1 is 1.19 bits per heavy atom. The first-order valence-corrected chi connectivity index (χ1v) is 6.12. The number of carboxylic acids is 1. The van der Waals surface area contributed by atoms with E-state index in [4.69, 9.17) is 5.11 Å². The summed E-state index contributed by atoms with van der Waals surface area (Å²) in [4.78, 5) is 22.8. The van der Waals surface area contributed by atoms with Crippen molar-refractivity contribution in [2.24, 2.45) is 17.8 Å². The number of hydrogen-bond acceptors (Lipinski definition) is 2. The first-order valence-electron chi connectivity index (χ1n) is 6.12. The maximum atomic E-state index is 11.7. The second kappa shape index (κ2) is 4.44. The SMILES string of the molecule is CC1CC1C(=O)NC1CCCCC1C(=O)O. The van der Waals surface area contributed by atoms with Crippen molar-refractivity contribution in [1.82, 2.24) is 5.32 Å². The van der Waals surface area contributed by atoms with E-state index in [9.17, 15) is 9.59 Å². The van der Waals surface area contributed by atoms with Gasteiger partial charge in [-0.1, -0.05) is 19.8 Å². The molecule has 0 radical (unpaired) electrons. The van der Waals surface area contributed by atoms with Gasteiger partial charge in [-0.15, -0.1) is 0 Å². The minimum absolute atomic E-state index is 0.0608. The van der Waals surface area contributed by atoms with Gasteiger partial charge in [-0.2, -0.15) is 0 Å².